The molecule has 70 valence electrons. The van der Waals surface area contributed by atoms with E-state index >= 15 is 0 Å². The molecule has 0 N–H and O–H groups in total. The molecule has 5 heteroatoms. The molecule has 2 heterocycles. The maximum atomic E-state index is 8.77. The zero-order valence-electron chi connectivity index (χ0n) is 7.74. The van der Waals surface area contributed by atoms with Gasteiger partial charge >= 0.3 is 0 Å². The summed E-state index contributed by atoms with van der Waals surface area (Å²) in [7, 11) is 1.80. The molecule has 2 rings (SSSR count). The van der Waals surface area contributed by atoms with Gasteiger partial charge in [0, 0.05) is 12.4 Å². The van der Waals surface area contributed by atoms with Crippen LogP contribution in [0.4, 0.5) is 0 Å². The average molecular weight is 207 g/mol. The van der Waals surface area contributed by atoms with Gasteiger partial charge in [0.25, 0.3) is 0 Å². The van der Waals surface area contributed by atoms with Crippen LogP contribution in [0.15, 0.2) is 6.07 Å². The van der Waals surface area contributed by atoms with Crippen molar-refractivity contribution >= 4 is 22.6 Å². The Hall–Kier alpha value is -1.60. The number of aromatic nitrogens is 3. The molecule has 14 heavy (non-hydrogen) atoms. The van der Waals surface area contributed by atoms with Crippen LogP contribution in [0.5, 0.6) is 0 Å². The van der Waals surface area contributed by atoms with Gasteiger partial charge in [-0.05, 0) is 13.0 Å². The van der Waals surface area contributed by atoms with Gasteiger partial charge in [0.2, 0.25) is 0 Å². The zero-order valence-corrected chi connectivity index (χ0v) is 8.50. The topological polar surface area (TPSA) is 54.5 Å². The van der Waals surface area contributed by atoms with E-state index in [1.807, 2.05) is 13.0 Å². The molecular formula is C9H7ClN4. The number of nitrogens with zero attached hydrogens (tertiary/aromatic N) is 4. The lowest BCUT2D eigenvalue weighted by Gasteiger charge is -1.96. The molecule has 2 aromatic rings. The van der Waals surface area contributed by atoms with Gasteiger partial charge in [-0.2, -0.15) is 10.4 Å². The van der Waals surface area contributed by atoms with Crippen molar-refractivity contribution in [2.75, 3.05) is 0 Å². The van der Waals surface area contributed by atoms with Gasteiger partial charge in [-0.1, -0.05) is 11.6 Å². The molecule has 0 radical (unpaired) electrons. The molecular weight excluding hydrogens is 200 g/mol. The standard InChI is InChI=1S/C9H7ClN4/c1-5-7-3-6(4-11)8(10)12-9(7)14(2)13-5/h3H,1-2H3. The maximum Gasteiger partial charge on any atom is 0.159 e. The summed E-state index contributed by atoms with van der Waals surface area (Å²) in [5.74, 6) is 0. The van der Waals surface area contributed by atoms with Crippen LogP contribution in [0.25, 0.3) is 11.0 Å². The van der Waals surface area contributed by atoms with Crippen LogP contribution in [0.2, 0.25) is 5.15 Å². The van der Waals surface area contributed by atoms with Crippen molar-refractivity contribution in [2.45, 2.75) is 6.92 Å². The number of aryl methyl sites for hydroxylation is 2. The van der Waals surface area contributed by atoms with E-state index in [1.165, 1.54) is 0 Å². The number of nitriles is 1. The molecule has 2 aromatic heterocycles. The number of fused-ring (bicyclic) bond motifs is 1. The molecule has 0 aliphatic rings. The molecule has 0 fully saturated rings. The lowest BCUT2D eigenvalue weighted by molar-refractivity contribution is 0.774. The van der Waals surface area contributed by atoms with Crippen LogP contribution in [-0.2, 0) is 7.05 Å². The summed E-state index contributed by atoms with van der Waals surface area (Å²) in [5, 5.41) is 14.1. The Morgan fingerprint density at radius 2 is 2.29 bits per heavy atom. The van der Waals surface area contributed by atoms with Crippen molar-refractivity contribution in [3.8, 4) is 6.07 Å². The first-order chi connectivity index (χ1) is 6.63. The third-order valence-corrected chi connectivity index (χ3v) is 2.36. The number of hydrogen-bond acceptors (Lipinski definition) is 3. The fourth-order valence-electron chi connectivity index (χ4n) is 1.40. The summed E-state index contributed by atoms with van der Waals surface area (Å²) in [4.78, 5) is 4.11. The highest BCUT2D eigenvalue weighted by Gasteiger charge is 2.10. The second kappa shape index (κ2) is 2.96. The van der Waals surface area contributed by atoms with Crippen molar-refractivity contribution in [1.29, 1.82) is 5.26 Å². The van der Waals surface area contributed by atoms with Gasteiger partial charge in [-0.3, -0.25) is 4.68 Å². The Balaban J connectivity index is 2.91. The molecule has 0 unspecified atom stereocenters. The summed E-state index contributed by atoms with van der Waals surface area (Å²) in [6.07, 6.45) is 0. The van der Waals surface area contributed by atoms with Crippen molar-refractivity contribution < 1.29 is 0 Å². The van der Waals surface area contributed by atoms with E-state index in [9.17, 15) is 0 Å². The highest BCUT2D eigenvalue weighted by molar-refractivity contribution is 6.30. The number of halogens is 1. The summed E-state index contributed by atoms with van der Waals surface area (Å²) < 4.78 is 1.65. The second-order valence-corrected chi connectivity index (χ2v) is 3.38. The van der Waals surface area contributed by atoms with Crippen molar-refractivity contribution in [2.24, 2.45) is 7.05 Å². The molecule has 0 saturated carbocycles. The van der Waals surface area contributed by atoms with Gasteiger partial charge in [0.1, 0.15) is 11.2 Å². The van der Waals surface area contributed by atoms with Crippen LogP contribution in [0.3, 0.4) is 0 Å². The van der Waals surface area contributed by atoms with Crippen LogP contribution < -0.4 is 0 Å². The molecule has 0 amide bonds. The first-order valence-electron chi connectivity index (χ1n) is 4.03. The molecule has 0 aromatic carbocycles. The third-order valence-electron chi connectivity index (χ3n) is 2.07. The minimum Gasteiger partial charge on any atom is -0.250 e. The molecule has 0 atom stereocenters. The lowest BCUT2D eigenvalue weighted by Crippen LogP contribution is -1.92. The molecule has 0 aliphatic carbocycles. The first kappa shape index (κ1) is 8.97. The van der Waals surface area contributed by atoms with E-state index in [4.69, 9.17) is 16.9 Å². The number of rotatable bonds is 0. The summed E-state index contributed by atoms with van der Waals surface area (Å²) >= 11 is 5.81. The Bertz CT molecular complexity index is 550. The van der Waals surface area contributed by atoms with Crippen molar-refractivity contribution in [3.05, 3.63) is 22.5 Å². The van der Waals surface area contributed by atoms with Gasteiger partial charge < -0.3 is 0 Å². The quantitative estimate of drug-likeness (QED) is 0.618. The third kappa shape index (κ3) is 1.14. The SMILES string of the molecule is Cc1nn(C)c2nc(Cl)c(C#N)cc12. The van der Waals surface area contributed by atoms with Gasteiger partial charge in [0.05, 0.1) is 11.3 Å². The molecule has 4 nitrogen and oxygen atoms in total. The smallest absolute Gasteiger partial charge is 0.159 e. The number of hydrogen-bond donors (Lipinski definition) is 0. The van der Waals surface area contributed by atoms with Gasteiger partial charge in [-0.15, -0.1) is 0 Å². The van der Waals surface area contributed by atoms with Crippen LogP contribution in [0, 0.1) is 18.3 Å². The lowest BCUT2D eigenvalue weighted by atomic mass is 10.2. The summed E-state index contributed by atoms with van der Waals surface area (Å²) in [6, 6.07) is 3.71. The monoisotopic (exact) mass is 206 g/mol. The van der Waals surface area contributed by atoms with Gasteiger partial charge in [0.15, 0.2) is 5.65 Å². The fraction of sp³-hybridized carbons (Fsp3) is 0.222. The van der Waals surface area contributed by atoms with Crippen LogP contribution in [-0.4, -0.2) is 14.8 Å². The fourth-order valence-corrected chi connectivity index (χ4v) is 1.58. The minimum atomic E-state index is 0.225. The molecule has 0 aliphatic heterocycles. The normalized spacial score (nSPS) is 10.4. The Labute approximate surface area is 85.7 Å². The van der Waals surface area contributed by atoms with E-state index in [1.54, 1.807) is 17.8 Å². The van der Waals surface area contributed by atoms with Crippen molar-refractivity contribution in [1.82, 2.24) is 14.8 Å². The Morgan fingerprint density at radius 1 is 1.57 bits per heavy atom. The number of pyridine rings is 1. The highest BCUT2D eigenvalue weighted by Crippen LogP contribution is 2.21. The van der Waals surface area contributed by atoms with E-state index in [-0.39, 0.29) is 5.15 Å². The predicted octanol–water partition coefficient (Wildman–Crippen LogP) is 1.80. The molecule has 0 spiro atoms. The van der Waals surface area contributed by atoms with Crippen LogP contribution >= 0.6 is 11.6 Å². The minimum absolute atomic E-state index is 0.225. The zero-order chi connectivity index (χ0) is 10.3. The van der Waals surface area contributed by atoms with Crippen molar-refractivity contribution in [3.63, 3.8) is 0 Å². The average Bonchev–Trinajstić information content (AvgIpc) is 2.41. The van der Waals surface area contributed by atoms with Crippen LogP contribution in [0.1, 0.15) is 11.3 Å². The Kier molecular flexibility index (Phi) is 1.90. The van der Waals surface area contributed by atoms with E-state index in [0.717, 1.165) is 11.1 Å². The maximum absolute atomic E-state index is 8.77. The van der Waals surface area contributed by atoms with E-state index in [2.05, 4.69) is 10.1 Å². The first-order valence-corrected chi connectivity index (χ1v) is 4.41. The predicted molar refractivity (Wildman–Crippen MR) is 53.0 cm³/mol. The molecule has 0 bridgehead atoms. The summed E-state index contributed by atoms with van der Waals surface area (Å²) in [5.41, 5.74) is 1.94. The second-order valence-electron chi connectivity index (χ2n) is 3.02. The van der Waals surface area contributed by atoms with Gasteiger partial charge in [-0.25, -0.2) is 4.98 Å². The van der Waals surface area contributed by atoms with E-state index in [0.29, 0.717) is 11.2 Å². The largest absolute Gasteiger partial charge is 0.250 e. The highest BCUT2D eigenvalue weighted by atomic mass is 35.5. The Morgan fingerprint density at radius 3 is 2.93 bits per heavy atom. The summed E-state index contributed by atoms with van der Waals surface area (Å²) in [6.45, 7) is 1.87. The van der Waals surface area contributed by atoms with E-state index < -0.39 is 0 Å². The molecule has 0 saturated heterocycles.